The first-order valence-electron chi connectivity index (χ1n) is 7.36. The van der Waals surface area contributed by atoms with Gasteiger partial charge in [0, 0.05) is 24.4 Å². The SMILES string of the molecule is CCOC(=O)c1cc2nc(-c3cnn(C)c3C)cc(C(F)(F)F)n2n1. The number of alkyl halides is 3. The number of rotatable bonds is 3. The van der Waals surface area contributed by atoms with E-state index in [1.54, 1.807) is 20.9 Å². The summed E-state index contributed by atoms with van der Waals surface area (Å²) in [5, 5.41) is 7.72. The number of carbonyl (C=O) groups is 1. The average Bonchev–Trinajstić information content (AvgIpc) is 3.10. The molecule has 0 atom stereocenters. The van der Waals surface area contributed by atoms with Crippen LogP contribution in [0.3, 0.4) is 0 Å². The molecule has 0 unspecified atom stereocenters. The van der Waals surface area contributed by atoms with E-state index in [9.17, 15) is 18.0 Å². The molecule has 3 rings (SSSR count). The first-order valence-corrected chi connectivity index (χ1v) is 7.36. The number of aryl methyl sites for hydroxylation is 1. The number of nitrogens with zero attached hydrogens (tertiary/aromatic N) is 5. The number of ether oxygens (including phenoxy) is 1. The Morgan fingerprint density at radius 3 is 2.60 bits per heavy atom. The van der Waals surface area contributed by atoms with E-state index in [-0.39, 0.29) is 23.6 Å². The van der Waals surface area contributed by atoms with E-state index in [0.29, 0.717) is 15.8 Å². The monoisotopic (exact) mass is 353 g/mol. The second kappa shape index (κ2) is 5.87. The minimum atomic E-state index is -4.68. The molecule has 10 heteroatoms. The summed E-state index contributed by atoms with van der Waals surface area (Å²) in [6.07, 6.45) is -3.24. The number of halogens is 3. The molecule has 7 nitrogen and oxygen atoms in total. The lowest BCUT2D eigenvalue weighted by Gasteiger charge is -2.10. The Bertz CT molecular complexity index is 958. The van der Waals surface area contributed by atoms with E-state index < -0.39 is 17.8 Å². The molecule has 0 aliphatic heterocycles. The first-order chi connectivity index (χ1) is 11.7. The second-order valence-corrected chi connectivity index (χ2v) is 5.31. The highest BCUT2D eigenvalue weighted by atomic mass is 19.4. The Labute approximate surface area is 140 Å². The summed E-state index contributed by atoms with van der Waals surface area (Å²) in [6, 6.07) is 2.06. The van der Waals surface area contributed by atoms with E-state index in [2.05, 4.69) is 15.2 Å². The third kappa shape index (κ3) is 2.94. The normalized spacial score (nSPS) is 11.9. The smallest absolute Gasteiger partial charge is 0.433 e. The van der Waals surface area contributed by atoms with Crippen molar-refractivity contribution in [1.29, 1.82) is 0 Å². The van der Waals surface area contributed by atoms with E-state index in [4.69, 9.17) is 4.74 Å². The Morgan fingerprint density at radius 1 is 1.32 bits per heavy atom. The lowest BCUT2D eigenvalue weighted by Crippen LogP contribution is -2.14. The van der Waals surface area contributed by atoms with Crippen molar-refractivity contribution >= 4 is 11.6 Å². The Kier molecular flexibility index (Phi) is 3.97. The van der Waals surface area contributed by atoms with Gasteiger partial charge in [-0.3, -0.25) is 4.68 Å². The Balaban J connectivity index is 2.24. The van der Waals surface area contributed by atoms with Crippen LogP contribution in [-0.4, -0.2) is 37.0 Å². The molecule has 0 saturated carbocycles. The predicted molar refractivity (Wildman–Crippen MR) is 80.9 cm³/mol. The van der Waals surface area contributed by atoms with E-state index in [1.807, 2.05) is 0 Å². The van der Waals surface area contributed by atoms with Gasteiger partial charge in [0.15, 0.2) is 17.0 Å². The molecule has 132 valence electrons. The van der Waals surface area contributed by atoms with Crippen molar-refractivity contribution in [1.82, 2.24) is 24.4 Å². The van der Waals surface area contributed by atoms with Gasteiger partial charge in [0.2, 0.25) is 0 Å². The fraction of sp³-hybridized carbons (Fsp3) is 0.333. The molecule has 0 amide bonds. The second-order valence-electron chi connectivity index (χ2n) is 5.31. The van der Waals surface area contributed by atoms with Crippen LogP contribution < -0.4 is 0 Å². The molecule has 3 aromatic rings. The maximum atomic E-state index is 13.5. The highest BCUT2D eigenvalue weighted by Crippen LogP contribution is 2.33. The van der Waals surface area contributed by atoms with Crippen molar-refractivity contribution < 1.29 is 22.7 Å². The maximum Gasteiger partial charge on any atom is 0.433 e. The number of hydrogen-bond acceptors (Lipinski definition) is 5. The number of carbonyl (C=O) groups excluding carboxylic acids is 1. The van der Waals surface area contributed by atoms with Gasteiger partial charge in [-0.2, -0.15) is 23.4 Å². The molecule has 0 aliphatic carbocycles. The van der Waals surface area contributed by atoms with Gasteiger partial charge in [-0.1, -0.05) is 0 Å². The average molecular weight is 353 g/mol. The van der Waals surface area contributed by atoms with Crippen LogP contribution >= 0.6 is 0 Å². The van der Waals surface area contributed by atoms with Crippen LogP contribution in [0.5, 0.6) is 0 Å². The molecule has 0 bridgehead atoms. The minimum absolute atomic E-state index is 0.0897. The quantitative estimate of drug-likeness (QED) is 0.677. The van der Waals surface area contributed by atoms with E-state index in [0.717, 1.165) is 6.07 Å². The lowest BCUT2D eigenvalue weighted by atomic mass is 10.1. The number of hydrogen-bond donors (Lipinski definition) is 0. The molecule has 0 spiro atoms. The van der Waals surface area contributed by atoms with Gasteiger partial charge >= 0.3 is 12.1 Å². The van der Waals surface area contributed by atoms with E-state index >= 15 is 0 Å². The predicted octanol–water partition coefficient (Wildman–Crippen LogP) is 2.63. The van der Waals surface area contributed by atoms with E-state index in [1.165, 1.54) is 16.9 Å². The topological polar surface area (TPSA) is 74.3 Å². The van der Waals surface area contributed by atoms with Crippen molar-refractivity contribution in [2.75, 3.05) is 6.61 Å². The summed E-state index contributed by atoms with van der Waals surface area (Å²) in [4.78, 5) is 16.0. The van der Waals surface area contributed by atoms with Crippen molar-refractivity contribution in [2.45, 2.75) is 20.0 Å². The van der Waals surface area contributed by atoms with Crippen molar-refractivity contribution in [2.24, 2.45) is 7.05 Å². The molecule has 0 aliphatic rings. The summed E-state index contributed by atoms with van der Waals surface area (Å²) < 4.78 is 47.3. The van der Waals surface area contributed by atoms with Crippen LogP contribution in [0.1, 0.15) is 28.8 Å². The van der Waals surface area contributed by atoms with Crippen LogP contribution in [0, 0.1) is 6.92 Å². The van der Waals surface area contributed by atoms with Crippen LogP contribution in [0.4, 0.5) is 13.2 Å². The zero-order valence-electron chi connectivity index (χ0n) is 13.6. The molecule has 3 aromatic heterocycles. The van der Waals surface area contributed by atoms with Gasteiger partial charge in [-0.25, -0.2) is 14.3 Å². The molecule has 0 saturated heterocycles. The number of aromatic nitrogens is 5. The first kappa shape index (κ1) is 16.9. The summed E-state index contributed by atoms with van der Waals surface area (Å²) in [7, 11) is 1.68. The molecular formula is C15H14F3N5O2. The third-order valence-electron chi connectivity index (χ3n) is 3.71. The van der Waals surface area contributed by atoms with Crippen molar-refractivity contribution in [3.05, 3.63) is 35.4 Å². The Morgan fingerprint density at radius 2 is 2.04 bits per heavy atom. The van der Waals surface area contributed by atoms with Gasteiger partial charge in [-0.15, -0.1) is 0 Å². The van der Waals surface area contributed by atoms with Crippen LogP contribution in [0.15, 0.2) is 18.3 Å². The fourth-order valence-electron chi connectivity index (χ4n) is 2.37. The highest BCUT2D eigenvalue weighted by Gasteiger charge is 2.36. The molecule has 0 aromatic carbocycles. The largest absolute Gasteiger partial charge is 0.461 e. The van der Waals surface area contributed by atoms with Crippen LogP contribution in [0.25, 0.3) is 16.9 Å². The van der Waals surface area contributed by atoms with Gasteiger partial charge < -0.3 is 4.74 Å². The zero-order valence-corrected chi connectivity index (χ0v) is 13.6. The van der Waals surface area contributed by atoms with Crippen LogP contribution in [-0.2, 0) is 18.0 Å². The molecule has 3 heterocycles. The molecule has 25 heavy (non-hydrogen) atoms. The van der Waals surface area contributed by atoms with Gasteiger partial charge in [0.25, 0.3) is 0 Å². The van der Waals surface area contributed by atoms with Crippen LogP contribution in [0.2, 0.25) is 0 Å². The van der Waals surface area contributed by atoms with Gasteiger partial charge in [-0.05, 0) is 19.9 Å². The number of esters is 1. The lowest BCUT2D eigenvalue weighted by molar-refractivity contribution is -0.142. The van der Waals surface area contributed by atoms with Gasteiger partial charge in [0.05, 0.1) is 18.5 Å². The summed E-state index contributed by atoms with van der Waals surface area (Å²) in [5.41, 5.74) is -0.146. The van der Waals surface area contributed by atoms with Crippen molar-refractivity contribution in [3.8, 4) is 11.3 Å². The summed E-state index contributed by atoms with van der Waals surface area (Å²) >= 11 is 0. The zero-order chi connectivity index (χ0) is 18.4. The molecular weight excluding hydrogens is 339 g/mol. The summed E-state index contributed by atoms with van der Waals surface area (Å²) in [6.45, 7) is 3.41. The van der Waals surface area contributed by atoms with Gasteiger partial charge in [0.1, 0.15) is 0 Å². The third-order valence-corrected chi connectivity index (χ3v) is 3.71. The number of fused-ring (bicyclic) bond motifs is 1. The standard InChI is InChI=1S/C15H14F3N5O2/c1-4-25-14(24)11-6-13-20-10(9-7-19-22(3)8(9)2)5-12(15(16,17)18)23(13)21-11/h5-7H,4H2,1-3H3. The Hall–Kier alpha value is -2.91. The van der Waals surface area contributed by atoms with Crippen molar-refractivity contribution in [3.63, 3.8) is 0 Å². The molecule has 0 N–H and O–H groups in total. The fourth-order valence-corrected chi connectivity index (χ4v) is 2.37. The summed E-state index contributed by atoms with van der Waals surface area (Å²) in [5.74, 6) is -0.805. The minimum Gasteiger partial charge on any atom is -0.461 e. The molecule has 0 radical (unpaired) electrons. The molecule has 0 fully saturated rings. The highest BCUT2D eigenvalue weighted by molar-refractivity contribution is 5.88. The maximum absolute atomic E-state index is 13.5.